The molecule has 3 aromatic carbocycles. The van der Waals surface area contributed by atoms with Gasteiger partial charge in [-0.25, -0.2) is 4.68 Å². The number of aryl methyl sites for hydroxylation is 1. The van der Waals surface area contributed by atoms with Crippen LogP contribution < -0.4 is 15.4 Å². The summed E-state index contributed by atoms with van der Waals surface area (Å²) >= 11 is 14.0. The Morgan fingerprint density at radius 3 is 2.71 bits per heavy atom. The molecular formula is C31H31Cl2N5O2S. The number of hydrogen-bond acceptors (Lipinski definition) is 6. The van der Waals surface area contributed by atoms with Crippen molar-refractivity contribution in [1.29, 1.82) is 0 Å². The van der Waals surface area contributed by atoms with Crippen LogP contribution in [0.2, 0.25) is 10.0 Å². The van der Waals surface area contributed by atoms with Crippen LogP contribution in [0.5, 0.6) is 5.75 Å². The third-order valence-corrected chi connectivity index (χ3v) is 8.18. The van der Waals surface area contributed by atoms with E-state index in [4.69, 9.17) is 38.0 Å². The number of nitrogens with one attached hydrogen (secondary N) is 2. The van der Waals surface area contributed by atoms with Crippen LogP contribution in [-0.4, -0.2) is 26.4 Å². The van der Waals surface area contributed by atoms with Gasteiger partial charge in [-0.3, -0.25) is 4.79 Å². The van der Waals surface area contributed by atoms with Gasteiger partial charge < -0.3 is 15.4 Å². The third kappa shape index (κ3) is 6.89. The lowest BCUT2D eigenvalue weighted by molar-refractivity contribution is -0.113. The maximum atomic E-state index is 13.8. The number of carbonyl (C=O) groups excluding carboxylic acids is 1. The lowest BCUT2D eigenvalue weighted by Gasteiger charge is -2.29. The summed E-state index contributed by atoms with van der Waals surface area (Å²) in [4.78, 5) is 18.6. The predicted octanol–water partition coefficient (Wildman–Crippen LogP) is 8.29. The molecule has 10 heteroatoms. The Kier molecular flexibility index (Phi) is 9.22. The highest BCUT2D eigenvalue weighted by atomic mass is 35.5. The number of aromatic nitrogens is 3. The molecule has 41 heavy (non-hydrogen) atoms. The fourth-order valence-electron chi connectivity index (χ4n) is 4.60. The van der Waals surface area contributed by atoms with Crippen molar-refractivity contribution < 1.29 is 9.53 Å². The normalized spacial score (nSPS) is 14.4. The third-order valence-electron chi connectivity index (χ3n) is 6.67. The minimum atomic E-state index is -0.522. The Morgan fingerprint density at radius 2 is 1.93 bits per heavy atom. The molecular weight excluding hydrogens is 577 g/mol. The van der Waals surface area contributed by atoms with Gasteiger partial charge in [0.2, 0.25) is 11.1 Å². The van der Waals surface area contributed by atoms with Crippen molar-refractivity contribution in [3.63, 3.8) is 0 Å². The molecule has 0 bridgehead atoms. The number of carbonyl (C=O) groups is 1. The highest BCUT2D eigenvalue weighted by Gasteiger charge is 2.34. The smallest absolute Gasteiger partial charge is 0.255 e. The van der Waals surface area contributed by atoms with E-state index in [-0.39, 0.29) is 12.5 Å². The number of rotatable bonds is 10. The fraction of sp³-hybridized carbons (Fsp3) is 0.258. The summed E-state index contributed by atoms with van der Waals surface area (Å²) in [7, 11) is 0. The Hall–Kier alpha value is -3.46. The van der Waals surface area contributed by atoms with Gasteiger partial charge >= 0.3 is 0 Å². The highest BCUT2D eigenvalue weighted by Crippen LogP contribution is 2.38. The van der Waals surface area contributed by atoms with Gasteiger partial charge in [0.05, 0.1) is 5.57 Å². The van der Waals surface area contributed by atoms with Crippen molar-refractivity contribution in [2.75, 3.05) is 16.4 Å². The maximum absolute atomic E-state index is 13.8. The zero-order valence-corrected chi connectivity index (χ0v) is 25.4. The molecule has 2 heterocycles. The van der Waals surface area contributed by atoms with Gasteiger partial charge in [-0.1, -0.05) is 78.6 Å². The SMILES string of the molecule is CCCCSc1nc2n(n1)C(c1cccc(OCc3ccc(Cl)cc3Cl)c1)C(C(=O)Nc1cccc(C)c1)=C(C)N2. The van der Waals surface area contributed by atoms with Crippen LogP contribution >= 0.6 is 35.0 Å². The summed E-state index contributed by atoms with van der Waals surface area (Å²) in [5.41, 5.74) is 4.72. The molecule has 1 unspecified atom stereocenters. The van der Waals surface area contributed by atoms with Crippen molar-refractivity contribution in [1.82, 2.24) is 14.8 Å². The molecule has 0 saturated heterocycles. The highest BCUT2D eigenvalue weighted by molar-refractivity contribution is 7.99. The molecule has 0 saturated carbocycles. The van der Waals surface area contributed by atoms with Crippen LogP contribution in [0, 0.1) is 6.92 Å². The summed E-state index contributed by atoms with van der Waals surface area (Å²) < 4.78 is 7.92. The number of hydrogen-bond donors (Lipinski definition) is 2. The summed E-state index contributed by atoms with van der Waals surface area (Å²) in [6.45, 7) is 6.32. The molecule has 212 valence electrons. The van der Waals surface area contributed by atoms with Crippen LogP contribution in [0.25, 0.3) is 0 Å². The van der Waals surface area contributed by atoms with Crippen LogP contribution in [0.4, 0.5) is 11.6 Å². The lowest BCUT2D eigenvalue weighted by Crippen LogP contribution is -2.31. The summed E-state index contributed by atoms with van der Waals surface area (Å²) in [6.07, 6.45) is 2.17. The summed E-state index contributed by atoms with van der Waals surface area (Å²) in [5.74, 6) is 1.94. The molecule has 1 aliphatic heterocycles. The van der Waals surface area contributed by atoms with E-state index in [0.29, 0.717) is 38.2 Å². The van der Waals surface area contributed by atoms with Crippen molar-refractivity contribution >= 4 is 52.5 Å². The molecule has 0 fully saturated rings. The molecule has 1 atom stereocenters. The Balaban J connectivity index is 1.49. The van der Waals surface area contributed by atoms with E-state index in [0.717, 1.165) is 41.0 Å². The first-order valence-electron chi connectivity index (χ1n) is 13.4. The van der Waals surface area contributed by atoms with Gasteiger partial charge in [-0.15, -0.1) is 5.10 Å². The average Bonchev–Trinajstić information content (AvgIpc) is 3.34. The molecule has 0 spiro atoms. The molecule has 7 nitrogen and oxygen atoms in total. The molecule has 0 aliphatic carbocycles. The first-order chi connectivity index (χ1) is 19.8. The minimum absolute atomic E-state index is 0.216. The first-order valence-corrected chi connectivity index (χ1v) is 15.2. The standard InChI is InChI=1S/C31H31Cl2N5O2S/c1-4-5-14-41-31-36-30-34-20(3)27(29(39)35-24-10-6-8-19(2)15-24)28(38(30)37-31)21-9-7-11-25(16-21)40-18-22-12-13-23(32)17-26(22)33/h6-13,15-17,28H,4-5,14,18H2,1-3H3,(H,35,39)(H,34,36,37). The Morgan fingerprint density at radius 1 is 1.10 bits per heavy atom. The summed E-state index contributed by atoms with van der Waals surface area (Å²) in [5, 5.41) is 13.0. The van der Waals surface area contributed by atoms with Crippen LogP contribution in [-0.2, 0) is 11.4 Å². The second-order valence-corrected chi connectivity index (χ2v) is 11.8. The Bertz CT molecular complexity index is 1600. The number of allylic oxidation sites excluding steroid dienone is 1. The van der Waals surface area contributed by atoms with Crippen molar-refractivity contribution in [3.05, 3.63) is 105 Å². The zero-order chi connectivity index (χ0) is 28.9. The molecule has 1 aliphatic rings. The number of unbranched alkanes of at least 4 members (excludes halogenated alkanes) is 1. The number of nitrogens with zero attached hydrogens (tertiary/aromatic N) is 3. The monoisotopic (exact) mass is 607 g/mol. The van der Waals surface area contributed by atoms with E-state index in [1.807, 2.05) is 68.4 Å². The van der Waals surface area contributed by atoms with Crippen molar-refractivity contribution in [2.45, 2.75) is 51.4 Å². The summed E-state index contributed by atoms with van der Waals surface area (Å²) in [6, 6.07) is 20.2. The van der Waals surface area contributed by atoms with Gasteiger partial charge in [0.15, 0.2) is 0 Å². The van der Waals surface area contributed by atoms with Gasteiger partial charge in [-0.05, 0) is 67.8 Å². The second kappa shape index (κ2) is 13.0. The van der Waals surface area contributed by atoms with Crippen molar-refractivity contribution in [2.24, 2.45) is 0 Å². The molecule has 0 radical (unpaired) electrons. The van der Waals surface area contributed by atoms with E-state index < -0.39 is 6.04 Å². The number of benzene rings is 3. The predicted molar refractivity (Wildman–Crippen MR) is 167 cm³/mol. The topological polar surface area (TPSA) is 81.1 Å². The van der Waals surface area contributed by atoms with Crippen molar-refractivity contribution in [3.8, 4) is 5.75 Å². The average molecular weight is 609 g/mol. The van der Waals surface area contributed by atoms with Gasteiger partial charge in [0.25, 0.3) is 5.91 Å². The number of fused-ring (bicyclic) bond motifs is 1. The quantitative estimate of drug-likeness (QED) is 0.139. The fourth-order valence-corrected chi connectivity index (χ4v) is 5.97. The van der Waals surface area contributed by atoms with E-state index in [1.54, 1.807) is 28.6 Å². The number of anilines is 2. The second-order valence-electron chi connectivity index (χ2n) is 9.85. The minimum Gasteiger partial charge on any atom is -0.489 e. The largest absolute Gasteiger partial charge is 0.489 e. The number of amides is 1. The van der Waals surface area contributed by atoms with E-state index >= 15 is 0 Å². The molecule has 1 aromatic heterocycles. The maximum Gasteiger partial charge on any atom is 0.255 e. The van der Waals surface area contributed by atoms with Crippen LogP contribution in [0.1, 0.15) is 49.4 Å². The molecule has 2 N–H and O–H groups in total. The van der Waals surface area contributed by atoms with Gasteiger partial charge in [0, 0.05) is 32.7 Å². The van der Waals surface area contributed by atoms with E-state index in [9.17, 15) is 4.79 Å². The van der Waals surface area contributed by atoms with Crippen LogP contribution in [0.15, 0.2) is 83.2 Å². The van der Waals surface area contributed by atoms with Crippen LogP contribution in [0.3, 0.4) is 0 Å². The number of thioether (sulfide) groups is 1. The number of halogens is 2. The van der Waals surface area contributed by atoms with E-state index in [2.05, 4.69) is 17.6 Å². The molecule has 1 amide bonds. The zero-order valence-electron chi connectivity index (χ0n) is 23.1. The van der Waals surface area contributed by atoms with E-state index in [1.165, 1.54) is 0 Å². The first kappa shape index (κ1) is 29.0. The van der Waals surface area contributed by atoms with Gasteiger partial charge in [0.1, 0.15) is 18.4 Å². The molecule has 4 aromatic rings. The molecule has 5 rings (SSSR count). The lowest BCUT2D eigenvalue weighted by atomic mass is 9.94. The number of ether oxygens (including phenoxy) is 1. The van der Waals surface area contributed by atoms with Gasteiger partial charge in [-0.2, -0.15) is 4.98 Å². The Labute approximate surface area is 254 Å².